The van der Waals surface area contributed by atoms with Crippen LogP contribution in [-0.2, 0) is 6.54 Å². The lowest BCUT2D eigenvalue weighted by Crippen LogP contribution is -2.13. The van der Waals surface area contributed by atoms with E-state index in [0.717, 1.165) is 16.9 Å². The Morgan fingerprint density at radius 2 is 2.32 bits per heavy atom. The van der Waals surface area contributed by atoms with Crippen LogP contribution in [0.2, 0.25) is 0 Å². The van der Waals surface area contributed by atoms with Crippen LogP contribution >= 0.6 is 11.3 Å². The molecule has 2 rings (SSSR count). The summed E-state index contributed by atoms with van der Waals surface area (Å²) in [5.41, 5.74) is 7.20. The van der Waals surface area contributed by atoms with Gasteiger partial charge in [0.1, 0.15) is 5.75 Å². The van der Waals surface area contributed by atoms with E-state index >= 15 is 0 Å². The number of methoxy groups -OCH3 is 1. The first-order valence-electron chi connectivity index (χ1n) is 5.74. The zero-order valence-electron chi connectivity index (χ0n) is 10.6. The van der Waals surface area contributed by atoms with E-state index in [1.165, 1.54) is 11.3 Å². The molecule has 98 valence electrons. The van der Waals surface area contributed by atoms with Crippen molar-refractivity contribution >= 4 is 11.3 Å². The summed E-state index contributed by atoms with van der Waals surface area (Å²) in [4.78, 5) is 11.6. The first-order valence-corrected chi connectivity index (χ1v) is 6.62. The van der Waals surface area contributed by atoms with E-state index in [2.05, 4.69) is 11.8 Å². The molecule has 0 fully saturated rings. The summed E-state index contributed by atoms with van der Waals surface area (Å²) in [6.45, 7) is 0.790. The van der Waals surface area contributed by atoms with Crippen molar-refractivity contribution in [2.75, 3.05) is 13.7 Å². The summed E-state index contributed by atoms with van der Waals surface area (Å²) < 4.78 is 6.85. The molecule has 0 radical (unpaired) electrons. The normalized spacial score (nSPS) is 9.79. The Morgan fingerprint density at radius 1 is 1.47 bits per heavy atom. The van der Waals surface area contributed by atoms with Gasteiger partial charge >= 0.3 is 4.87 Å². The highest BCUT2D eigenvalue weighted by Crippen LogP contribution is 2.18. The fourth-order valence-corrected chi connectivity index (χ4v) is 2.27. The average molecular weight is 274 g/mol. The molecular formula is C14H14N2O2S. The van der Waals surface area contributed by atoms with Gasteiger partial charge in [0.15, 0.2) is 0 Å². The Hall–Kier alpha value is -2.03. The van der Waals surface area contributed by atoms with Crippen molar-refractivity contribution in [2.45, 2.75) is 6.54 Å². The third-order valence-electron chi connectivity index (χ3n) is 2.62. The maximum Gasteiger partial charge on any atom is 0.307 e. The van der Waals surface area contributed by atoms with E-state index in [1.807, 2.05) is 18.2 Å². The highest BCUT2D eigenvalue weighted by Gasteiger charge is 2.05. The molecule has 1 heterocycles. The van der Waals surface area contributed by atoms with Gasteiger partial charge < -0.3 is 15.0 Å². The van der Waals surface area contributed by atoms with Crippen molar-refractivity contribution < 1.29 is 4.74 Å². The molecule has 1 aromatic carbocycles. The number of hydrogen-bond acceptors (Lipinski definition) is 4. The van der Waals surface area contributed by atoms with Gasteiger partial charge in [0, 0.05) is 17.1 Å². The third kappa shape index (κ3) is 3.25. The van der Waals surface area contributed by atoms with Crippen LogP contribution in [-0.4, -0.2) is 18.2 Å². The molecule has 0 bridgehead atoms. The van der Waals surface area contributed by atoms with Gasteiger partial charge in [-0.05, 0) is 23.8 Å². The predicted octanol–water partition coefficient (Wildman–Crippen LogP) is 1.28. The standard InChI is InChI=1S/C14H14N2O2S/c1-18-13-5-4-11(3-2-6-15)12(9-13)10-16-7-8-19-14(16)17/h4-5,7-9H,6,10,15H2,1H3. The summed E-state index contributed by atoms with van der Waals surface area (Å²) in [5.74, 6) is 6.59. The zero-order chi connectivity index (χ0) is 13.7. The molecule has 0 saturated heterocycles. The third-order valence-corrected chi connectivity index (χ3v) is 3.32. The second kappa shape index (κ2) is 6.23. The SMILES string of the molecule is COc1ccc(C#CCN)c(Cn2ccsc2=O)c1. The van der Waals surface area contributed by atoms with Crippen molar-refractivity contribution in [3.8, 4) is 17.6 Å². The van der Waals surface area contributed by atoms with Gasteiger partial charge in [0.25, 0.3) is 0 Å². The molecule has 1 aromatic heterocycles. The van der Waals surface area contributed by atoms with Crippen LogP contribution in [0, 0.1) is 11.8 Å². The first kappa shape index (κ1) is 13.4. The van der Waals surface area contributed by atoms with Gasteiger partial charge in [-0.3, -0.25) is 4.79 Å². The second-order valence-corrected chi connectivity index (χ2v) is 4.68. The van der Waals surface area contributed by atoms with Crippen LogP contribution in [0.4, 0.5) is 0 Å². The van der Waals surface area contributed by atoms with E-state index in [9.17, 15) is 4.79 Å². The Kier molecular flexibility index (Phi) is 4.39. The summed E-state index contributed by atoms with van der Waals surface area (Å²) in [7, 11) is 1.61. The molecule has 0 amide bonds. The summed E-state index contributed by atoms with van der Waals surface area (Å²) >= 11 is 1.18. The zero-order valence-corrected chi connectivity index (χ0v) is 11.4. The van der Waals surface area contributed by atoms with Crippen LogP contribution in [0.15, 0.2) is 34.6 Å². The number of hydrogen-bond donors (Lipinski definition) is 1. The molecule has 0 spiro atoms. The minimum absolute atomic E-state index is 0.0144. The molecule has 0 aliphatic carbocycles. The van der Waals surface area contributed by atoms with Gasteiger partial charge in [-0.2, -0.15) is 0 Å². The molecule has 2 aromatic rings. The van der Waals surface area contributed by atoms with E-state index in [-0.39, 0.29) is 4.87 Å². The highest BCUT2D eigenvalue weighted by molar-refractivity contribution is 7.07. The van der Waals surface area contributed by atoms with Gasteiger partial charge in [0.2, 0.25) is 0 Å². The van der Waals surface area contributed by atoms with Gasteiger partial charge in [-0.1, -0.05) is 23.2 Å². The van der Waals surface area contributed by atoms with Crippen molar-refractivity contribution in [3.05, 3.63) is 50.6 Å². The Morgan fingerprint density at radius 3 is 2.95 bits per heavy atom. The fourth-order valence-electron chi connectivity index (χ4n) is 1.69. The van der Waals surface area contributed by atoms with Crippen LogP contribution in [0.1, 0.15) is 11.1 Å². The van der Waals surface area contributed by atoms with Gasteiger partial charge in [-0.15, -0.1) is 0 Å². The van der Waals surface area contributed by atoms with E-state index in [0.29, 0.717) is 13.1 Å². The monoisotopic (exact) mass is 274 g/mol. The fraction of sp³-hybridized carbons (Fsp3) is 0.214. The minimum atomic E-state index is 0.0144. The molecule has 19 heavy (non-hydrogen) atoms. The minimum Gasteiger partial charge on any atom is -0.497 e. The maximum atomic E-state index is 11.6. The highest BCUT2D eigenvalue weighted by atomic mass is 32.1. The maximum absolute atomic E-state index is 11.6. The van der Waals surface area contributed by atoms with Crippen LogP contribution in [0.5, 0.6) is 5.75 Å². The van der Waals surface area contributed by atoms with Gasteiger partial charge in [0.05, 0.1) is 20.2 Å². The molecular weight excluding hydrogens is 260 g/mol. The molecule has 0 aliphatic rings. The Balaban J connectivity index is 2.40. The number of nitrogens with two attached hydrogens (primary N) is 1. The van der Waals surface area contributed by atoms with Crippen LogP contribution < -0.4 is 15.3 Å². The van der Waals surface area contributed by atoms with Crippen molar-refractivity contribution in [1.29, 1.82) is 0 Å². The van der Waals surface area contributed by atoms with E-state index < -0.39 is 0 Å². The quantitative estimate of drug-likeness (QED) is 0.858. The van der Waals surface area contributed by atoms with E-state index in [4.69, 9.17) is 10.5 Å². The first-order chi connectivity index (χ1) is 9.24. The smallest absolute Gasteiger partial charge is 0.307 e. The molecule has 0 aliphatic heterocycles. The summed E-state index contributed by atoms with van der Waals surface area (Å²) in [5, 5.41) is 1.77. The lowest BCUT2D eigenvalue weighted by atomic mass is 10.1. The number of aromatic nitrogens is 1. The van der Waals surface area contributed by atoms with Crippen molar-refractivity contribution in [3.63, 3.8) is 0 Å². The number of benzene rings is 1. The average Bonchev–Trinajstić information content (AvgIpc) is 2.83. The molecule has 2 N–H and O–H groups in total. The predicted molar refractivity (Wildman–Crippen MR) is 76.6 cm³/mol. The number of nitrogens with zero attached hydrogens (tertiary/aromatic N) is 1. The molecule has 4 nitrogen and oxygen atoms in total. The Bertz CT molecular complexity index is 676. The number of thiazole rings is 1. The summed E-state index contributed by atoms with van der Waals surface area (Å²) in [6, 6.07) is 5.62. The lowest BCUT2D eigenvalue weighted by Gasteiger charge is -2.08. The second-order valence-electron chi connectivity index (χ2n) is 3.83. The lowest BCUT2D eigenvalue weighted by molar-refractivity contribution is 0.414. The Labute approximate surface area is 115 Å². The number of ether oxygens (including phenoxy) is 1. The van der Waals surface area contributed by atoms with Crippen LogP contribution in [0.3, 0.4) is 0 Å². The molecule has 0 saturated carbocycles. The summed E-state index contributed by atoms with van der Waals surface area (Å²) in [6.07, 6.45) is 1.77. The largest absolute Gasteiger partial charge is 0.497 e. The number of rotatable bonds is 3. The van der Waals surface area contributed by atoms with Crippen molar-refractivity contribution in [1.82, 2.24) is 4.57 Å². The van der Waals surface area contributed by atoms with Crippen LogP contribution in [0.25, 0.3) is 0 Å². The molecule has 5 heteroatoms. The topological polar surface area (TPSA) is 57.2 Å². The molecule has 0 atom stereocenters. The van der Waals surface area contributed by atoms with E-state index in [1.54, 1.807) is 23.3 Å². The van der Waals surface area contributed by atoms with Crippen molar-refractivity contribution in [2.24, 2.45) is 5.73 Å². The molecule has 0 unspecified atom stereocenters. The van der Waals surface area contributed by atoms with Gasteiger partial charge in [-0.25, -0.2) is 0 Å².